The lowest BCUT2D eigenvalue weighted by Gasteiger charge is -2.23. The van der Waals surface area contributed by atoms with Crippen molar-refractivity contribution in [2.75, 3.05) is 44.9 Å². The van der Waals surface area contributed by atoms with E-state index in [1.807, 2.05) is 0 Å². The lowest BCUT2D eigenvalue weighted by Crippen LogP contribution is -2.24. The van der Waals surface area contributed by atoms with Crippen LogP contribution in [0.15, 0.2) is 22.7 Å². The van der Waals surface area contributed by atoms with Crippen molar-refractivity contribution in [3.63, 3.8) is 0 Å². The molecule has 1 heterocycles. The zero-order chi connectivity index (χ0) is 15.1. The molecule has 1 aliphatic heterocycles. The molecular weight excluding hydrogens is 332 g/mol. The van der Waals surface area contributed by atoms with Crippen molar-refractivity contribution < 1.29 is 9.84 Å². The second kappa shape index (κ2) is 8.73. The lowest BCUT2D eigenvalue weighted by atomic mass is 10.1. The molecule has 1 saturated heterocycles. The average Bonchev–Trinajstić information content (AvgIpc) is 2.93. The minimum absolute atomic E-state index is 0.296. The molecule has 1 aromatic rings. The van der Waals surface area contributed by atoms with Crippen molar-refractivity contribution in [1.29, 1.82) is 0 Å². The second-order valence-corrected chi connectivity index (χ2v) is 6.47. The van der Waals surface area contributed by atoms with Gasteiger partial charge in [-0.3, -0.25) is 0 Å². The molecule has 1 atom stereocenters. The van der Waals surface area contributed by atoms with E-state index in [4.69, 9.17) is 9.84 Å². The smallest absolute Gasteiger partial charge is 0.0587 e. The number of aliphatic hydroxyl groups excluding tert-OH is 1. The molecule has 1 aromatic carbocycles. The van der Waals surface area contributed by atoms with Gasteiger partial charge in [0, 0.05) is 50.1 Å². The monoisotopic (exact) mass is 356 g/mol. The number of nitrogens with one attached hydrogen (secondary N) is 1. The molecule has 0 bridgehead atoms. The minimum atomic E-state index is 0.296. The summed E-state index contributed by atoms with van der Waals surface area (Å²) in [5.74, 6) is 0.618. The molecule has 21 heavy (non-hydrogen) atoms. The molecule has 0 amide bonds. The Morgan fingerprint density at radius 2 is 2.33 bits per heavy atom. The third-order valence-electron chi connectivity index (χ3n) is 4.00. The summed E-state index contributed by atoms with van der Waals surface area (Å²) in [6.45, 7) is 4.86. The Morgan fingerprint density at radius 1 is 1.48 bits per heavy atom. The summed E-state index contributed by atoms with van der Waals surface area (Å²) < 4.78 is 6.18. The number of ether oxygens (including phenoxy) is 1. The van der Waals surface area contributed by atoms with Crippen LogP contribution in [0.4, 0.5) is 5.69 Å². The fourth-order valence-electron chi connectivity index (χ4n) is 2.87. The molecule has 2 N–H and O–H groups in total. The van der Waals surface area contributed by atoms with Crippen LogP contribution in [-0.4, -0.2) is 45.1 Å². The van der Waals surface area contributed by atoms with Gasteiger partial charge >= 0.3 is 0 Å². The van der Waals surface area contributed by atoms with Gasteiger partial charge in [-0.2, -0.15) is 0 Å². The van der Waals surface area contributed by atoms with Crippen molar-refractivity contribution in [2.24, 2.45) is 5.92 Å². The summed E-state index contributed by atoms with van der Waals surface area (Å²) in [5.41, 5.74) is 2.62. The van der Waals surface area contributed by atoms with Crippen LogP contribution in [-0.2, 0) is 11.3 Å². The van der Waals surface area contributed by atoms with Gasteiger partial charge in [-0.1, -0.05) is 15.9 Å². The first kappa shape index (κ1) is 16.7. The Balaban J connectivity index is 2.01. The van der Waals surface area contributed by atoms with Crippen LogP contribution in [0.5, 0.6) is 0 Å². The first-order valence-electron chi connectivity index (χ1n) is 7.58. The number of benzene rings is 1. The van der Waals surface area contributed by atoms with E-state index in [0.29, 0.717) is 12.5 Å². The van der Waals surface area contributed by atoms with Crippen LogP contribution >= 0.6 is 15.9 Å². The second-order valence-electron chi connectivity index (χ2n) is 5.56. The summed E-state index contributed by atoms with van der Waals surface area (Å²) in [4.78, 5) is 2.44. The Labute approximate surface area is 135 Å². The van der Waals surface area contributed by atoms with Gasteiger partial charge in [0.05, 0.1) is 6.61 Å². The van der Waals surface area contributed by atoms with Gasteiger partial charge in [0.15, 0.2) is 0 Å². The van der Waals surface area contributed by atoms with Crippen molar-refractivity contribution >= 4 is 21.6 Å². The third kappa shape index (κ3) is 4.95. The van der Waals surface area contributed by atoms with Crippen LogP contribution in [0.1, 0.15) is 18.4 Å². The van der Waals surface area contributed by atoms with E-state index >= 15 is 0 Å². The SMILES string of the molecule is COCCNCc1cc(Br)ccc1N1CCC(CCO)C1. The Morgan fingerprint density at radius 3 is 3.10 bits per heavy atom. The quantitative estimate of drug-likeness (QED) is 0.702. The molecule has 1 unspecified atom stereocenters. The maximum atomic E-state index is 9.09. The third-order valence-corrected chi connectivity index (χ3v) is 4.50. The van der Waals surface area contributed by atoms with Gasteiger partial charge in [0.2, 0.25) is 0 Å². The molecule has 0 aliphatic carbocycles. The molecular formula is C16H25BrN2O2. The van der Waals surface area contributed by atoms with Crippen LogP contribution in [0.2, 0.25) is 0 Å². The predicted octanol–water partition coefficient (Wildman–Crippen LogP) is 2.39. The standard InChI is InChI=1S/C16H25BrN2O2/c1-21-9-6-18-11-14-10-15(17)2-3-16(14)19-7-4-13(12-19)5-8-20/h2-3,10,13,18,20H,4-9,11-12H2,1H3. The van der Waals surface area contributed by atoms with Gasteiger partial charge in [-0.15, -0.1) is 0 Å². The van der Waals surface area contributed by atoms with Gasteiger partial charge < -0.3 is 20.1 Å². The molecule has 1 aliphatic rings. The van der Waals surface area contributed by atoms with E-state index in [0.717, 1.165) is 43.7 Å². The van der Waals surface area contributed by atoms with Crippen molar-refractivity contribution in [2.45, 2.75) is 19.4 Å². The minimum Gasteiger partial charge on any atom is -0.396 e. The van der Waals surface area contributed by atoms with E-state index in [-0.39, 0.29) is 0 Å². The molecule has 0 saturated carbocycles. The number of hydrogen-bond donors (Lipinski definition) is 2. The first-order chi connectivity index (χ1) is 10.2. The number of anilines is 1. The molecule has 2 rings (SSSR count). The van der Waals surface area contributed by atoms with Crippen LogP contribution in [0.25, 0.3) is 0 Å². The zero-order valence-electron chi connectivity index (χ0n) is 12.6. The molecule has 5 heteroatoms. The highest BCUT2D eigenvalue weighted by atomic mass is 79.9. The Hall–Kier alpha value is -0.620. The largest absolute Gasteiger partial charge is 0.396 e. The first-order valence-corrected chi connectivity index (χ1v) is 8.37. The number of halogens is 1. The fourth-order valence-corrected chi connectivity index (χ4v) is 3.28. The number of methoxy groups -OCH3 is 1. The van der Waals surface area contributed by atoms with Gasteiger partial charge in [0.1, 0.15) is 0 Å². The summed E-state index contributed by atoms with van der Waals surface area (Å²) in [7, 11) is 1.72. The molecule has 118 valence electrons. The zero-order valence-corrected chi connectivity index (χ0v) is 14.2. The summed E-state index contributed by atoms with van der Waals surface area (Å²) in [5, 5.41) is 12.5. The van der Waals surface area contributed by atoms with Crippen molar-refractivity contribution in [3.8, 4) is 0 Å². The molecule has 0 radical (unpaired) electrons. The van der Waals surface area contributed by atoms with Crippen molar-refractivity contribution in [3.05, 3.63) is 28.2 Å². The number of hydrogen-bond acceptors (Lipinski definition) is 4. The molecule has 0 spiro atoms. The average molecular weight is 357 g/mol. The number of aliphatic hydroxyl groups is 1. The molecule has 4 nitrogen and oxygen atoms in total. The fraction of sp³-hybridized carbons (Fsp3) is 0.625. The van der Waals surface area contributed by atoms with E-state index in [2.05, 4.69) is 44.3 Å². The highest BCUT2D eigenvalue weighted by molar-refractivity contribution is 9.10. The molecule has 1 fully saturated rings. The van der Waals surface area contributed by atoms with Gasteiger partial charge in [-0.05, 0) is 42.5 Å². The lowest BCUT2D eigenvalue weighted by molar-refractivity contribution is 0.199. The topological polar surface area (TPSA) is 44.7 Å². The van der Waals surface area contributed by atoms with Crippen LogP contribution in [0, 0.1) is 5.92 Å². The van der Waals surface area contributed by atoms with Gasteiger partial charge in [-0.25, -0.2) is 0 Å². The highest BCUT2D eigenvalue weighted by Crippen LogP contribution is 2.30. The normalized spacial score (nSPS) is 18.4. The Bertz CT molecular complexity index is 442. The van der Waals surface area contributed by atoms with Gasteiger partial charge in [0.25, 0.3) is 0 Å². The number of nitrogens with zero attached hydrogens (tertiary/aromatic N) is 1. The van der Waals surface area contributed by atoms with E-state index < -0.39 is 0 Å². The number of rotatable bonds is 8. The Kier molecular flexibility index (Phi) is 6.96. The predicted molar refractivity (Wildman–Crippen MR) is 89.7 cm³/mol. The van der Waals surface area contributed by atoms with E-state index in [1.54, 1.807) is 7.11 Å². The van der Waals surface area contributed by atoms with E-state index in [1.165, 1.54) is 17.7 Å². The van der Waals surface area contributed by atoms with Crippen LogP contribution in [0.3, 0.4) is 0 Å². The summed E-state index contributed by atoms with van der Waals surface area (Å²) >= 11 is 3.56. The summed E-state index contributed by atoms with van der Waals surface area (Å²) in [6, 6.07) is 6.49. The highest BCUT2D eigenvalue weighted by Gasteiger charge is 2.23. The maximum absolute atomic E-state index is 9.09. The summed E-state index contributed by atoms with van der Waals surface area (Å²) in [6.07, 6.45) is 2.08. The molecule has 0 aromatic heterocycles. The van der Waals surface area contributed by atoms with Crippen LogP contribution < -0.4 is 10.2 Å². The maximum Gasteiger partial charge on any atom is 0.0587 e. The van der Waals surface area contributed by atoms with Crippen molar-refractivity contribution in [1.82, 2.24) is 5.32 Å². The van der Waals surface area contributed by atoms with E-state index in [9.17, 15) is 0 Å².